The summed E-state index contributed by atoms with van der Waals surface area (Å²) in [5, 5.41) is 4.40. The van der Waals surface area contributed by atoms with Crippen LogP contribution in [0.25, 0.3) is 0 Å². The van der Waals surface area contributed by atoms with Gasteiger partial charge in [0.15, 0.2) is 5.78 Å². The Kier molecular flexibility index (Phi) is 5.31. The van der Waals surface area contributed by atoms with E-state index in [1.807, 2.05) is 13.2 Å². The van der Waals surface area contributed by atoms with E-state index >= 15 is 0 Å². The molecular weight excluding hydrogens is 300 g/mol. The van der Waals surface area contributed by atoms with Gasteiger partial charge >= 0.3 is 0 Å². The van der Waals surface area contributed by atoms with Crippen molar-refractivity contribution in [2.75, 3.05) is 17.3 Å². The molecule has 0 aliphatic rings. The zero-order valence-electron chi connectivity index (χ0n) is 12.5. The van der Waals surface area contributed by atoms with Crippen molar-refractivity contribution in [3.8, 4) is 0 Å². The second-order valence-corrected chi connectivity index (χ2v) is 6.66. The number of benzene rings is 1. The van der Waals surface area contributed by atoms with Gasteiger partial charge in [-0.3, -0.25) is 4.79 Å². The molecule has 3 nitrogen and oxygen atoms in total. The highest BCUT2D eigenvalue weighted by molar-refractivity contribution is 7.99. The molecule has 0 aliphatic carbocycles. The molecule has 112 valence electrons. The van der Waals surface area contributed by atoms with Crippen LogP contribution >= 0.6 is 23.1 Å². The number of ketones is 1. The highest BCUT2D eigenvalue weighted by Crippen LogP contribution is 2.42. The predicted molar refractivity (Wildman–Crippen MR) is 93.6 cm³/mol. The monoisotopic (exact) mass is 320 g/mol. The van der Waals surface area contributed by atoms with Crippen LogP contribution in [0.4, 0.5) is 10.7 Å². The average molecular weight is 320 g/mol. The second kappa shape index (κ2) is 7.00. The van der Waals surface area contributed by atoms with Crippen LogP contribution in [0.15, 0.2) is 29.2 Å². The van der Waals surface area contributed by atoms with Crippen LogP contribution in [0.2, 0.25) is 0 Å². The highest BCUT2D eigenvalue weighted by Gasteiger charge is 2.19. The van der Waals surface area contributed by atoms with Crippen LogP contribution in [0.1, 0.15) is 34.1 Å². The molecule has 0 saturated carbocycles. The molecule has 0 atom stereocenters. The van der Waals surface area contributed by atoms with Crippen LogP contribution in [0.5, 0.6) is 0 Å². The number of thioether (sulfide) groups is 1. The van der Waals surface area contributed by atoms with Crippen LogP contribution < -0.4 is 11.1 Å². The number of nitrogens with one attached hydrogen (secondary N) is 1. The van der Waals surface area contributed by atoms with Crippen molar-refractivity contribution in [3.05, 3.63) is 40.3 Å². The van der Waals surface area contributed by atoms with Crippen molar-refractivity contribution < 1.29 is 4.79 Å². The SMILES string of the molecule is CCC(=O)c1sc(NCc2cccc(C)c2)c(SC)c1N. The Morgan fingerprint density at radius 1 is 1.43 bits per heavy atom. The summed E-state index contributed by atoms with van der Waals surface area (Å²) >= 11 is 3.04. The number of nitrogens with two attached hydrogens (primary N) is 1. The van der Waals surface area contributed by atoms with Crippen molar-refractivity contribution in [1.82, 2.24) is 0 Å². The largest absolute Gasteiger partial charge is 0.396 e. The summed E-state index contributed by atoms with van der Waals surface area (Å²) in [6.45, 7) is 4.67. The minimum absolute atomic E-state index is 0.108. The number of carbonyl (C=O) groups excluding carboxylic acids is 1. The van der Waals surface area contributed by atoms with Crippen molar-refractivity contribution in [1.29, 1.82) is 0 Å². The number of hydrogen-bond donors (Lipinski definition) is 2. The van der Waals surface area contributed by atoms with Gasteiger partial charge in [-0.1, -0.05) is 36.8 Å². The van der Waals surface area contributed by atoms with E-state index < -0.39 is 0 Å². The van der Waals surface area contributed by atoms with Crippen LogP contribution in [-0.2, 0) is 6.54 Å². The molecule has 2 aromatic rings. The molecule has 1 aromatic heterocycles. The van der Waals surface area contributed by atoms with E-state index in [1.165, 1.54) is 22.5 Å². The predicted octanol–water partition coefficient (Wildman–Crippen LogP) is 4.57. The molecule has 0 radical (unpaired) electrons. The Bertz CT molecular complexity index is 650. The van der Waals surface area contributed by atoms with Crippen LogP contribution in [-0.4, -0.2) is 12.0 Å². The summed E-state index contributed by atoms with van der Waals surface area (Å²) in [6.07, 6.45) is 2.46. The maximum absolute atomic E-state index is 11.9. The molecular formula is C16H20N2OS2. The topological polar surface area (TPSA) is 55.1 Å². The lowest BCUT2D eigenvalue weighted by Gasteiger charge is -2.07. The number of aryl methyl sites for hydroxylation is 1. The molecule has 3 N–H and O–H groups in total. The molecule has 21 heavy (non-hydrogen) atoms. The number of thiophene rings is 1. The fourth-order valence-electron chi connectivity index (χ4n) is 2.12. The third-order valence-electron chi connectivity index (χ3n) is 3.21. The normalized spacial score (nSPS) is 10.6. The van der Waals surface area contributed by atoms with E-state index in [9.17, 15) is 4.79 Å². The van der Waals surface area contributed by atoms with Crippen molar-refractivity contribution in [3.63, 3.8) is 0 Å². The molecule has 0 amide bonds. The molecule has 5 heteroatoms. The van der Waals surface area contributed by atoms with E-state index in [4.69, 9.17) is 5.73 Å². The van der Waals surface area contributed by atoms with Crippen LogP contribution in [0.3, 0.4) is 0 Å². The van der Waals surface area contributed by atoms with Gasteiger partial charge in [0.05, 0.1) is 15.5 Å². The third kappa shape index (κ3) is 3.60. The minimum atomic E-state index is 0.108. The average Bonchev–Trinajstić information content (AvgIpc) is 2.80. The molecule has 0 bridgehead atoms. The molecule has 0 fully saturated rings. The van der Waals surface area contributed by atoms with Gasteiger partial charge in [0.25, 0.3) is 0 Å². The lowest BCUT2D eigenvalue weighted by atomic mass is 10.1. The van der Waals surface area contributed by atoms with Gasteiger partial charge in [-0.05, 0) is 18.7 Å². The Morgan fingerprint density at radius 3 is 2.81 bits per heavy atom. The zero-order valence-corrected chi connectivity index (χ0v) is 14.2. The number of anilines is 2. The Morgan fingerprint density at radius 2 is 2.19 bits per heavy atom. The minimum Gasteiger partial charge on any atom is -0.396 e. The lowest BCUT2D eigenvalue weighted by molar-refractivity contribution is 0.0992. The fourth-order valence-corrected chi connectivity index (χ4v) is 4.16. The molecule has 1 aromatic carbocycles. The van der Waals surface area contributed by atoms with Gasteiger partial charge in [-0.25, -0.2) is 0 Å². The van der Waals surface area contributed by atoms with Gasteiger partial charge in [-0.15, -0.1) is 23.1 Å². The standard InChI is InChI=1S/C16H20N2OS2/c1-4-12(19)14-13(17)15(20-3)16(21-14)18-9-11-7-5-6-10(2)8-11/h5-8,18H,4,9,17H2,1-3H3. The maximum atomic E-state index is 11.9. The van der Waals surface area contributed by atoms with E-state index in [-0.39, 0.29) is 5.78 Å². The van der Waals surface area contributed by atoms with Gasteiger partial charge in [-0.2, -0.15) is 0 Å². The number of carbonyl (C=O) groups is 1. The first-order chi connectivity index (χ1) is 10.1. The van der Waals surface area contributed by atoms with E-state index in [0.717, 1.165) is 16.4 Å². The molecule has 0 spiro atoms. The molecule has 0 aliphatic heterocycles. The van der Waals surface area contributed by atoms with E-state index in [2.05, 4.69) is 36.5 Å². The van der Waals surface area contributed by atoms with Crippen molar-refractivity contribution >= 4 is 39.6 Å². The van der Waals surface area contributed by atoms with Crippen LogP contribution in [0, 0.1) is 6.92 Å². The number of nitrogen functional groups attached to an aromatic ring is 1. The Labute approximate surface area is 133 Å². The van der Waals surface area contributed by atoms with E-state index in [0.29, 0.717) is 17.0 Å². The summed E-state index contributed by atoms with van der Waals surface area (Å²) < 4.78 is 0. The summed E-state index contributed by atoms with van der Waals surface area (Å²) in [7, 11) is 0. The Balaban J connectivity index is 2.21. The summed E-state index contributed by atoms with van der Waals surface area (Å²) in [4.78, 5) is 13.6. The summed E-state index contributed by atoms with van der Waals surface area (Å²) in [6, 6.07) is 8.38. The van der Waals surface area contributed by atoms with E-state index in [1.54, 1.807) is 11.8 Å². The first kappa shape index (κ1) is 15.9. The molecule has 1 heterocycles. The number of rotatable bonds is 6. The van der Waals surface area contributed by atoms with Gasteiger partial charge < -0.3 is 11.1 Å². The first-order valence-electron chi connectivity index (χ1n) is 6.85. The zero-order chi connectivity index (χ0) is 15.4. The van der Waals surface area contributed by atoms with Crippen molar-refractivity contribution in [2.24, 2.45) is 0 Å². The maximum Gasteiger partial charge on any atom is 0.174 e. The highest BCUT2D eigenvalue weighted by atomic mass is 32.2. The second-order valence-electron chi connectivity index (χ2n) is 4.83. The lowest BCUT2D eigenvalue weighted by Crippen LogP contribution is -1.99. The number of Topliss-reactive ketones (excluding diaryl/α,β-unsaturated/α-hetero) is 1. The van der Waals surface area contributed by atoms with Gasteiger partial charge in [0.2, 0.25) is 0 Å². The third-order valence-corrected chi connectivity index (χ3v) is 5.38. The van der Waals surface area contributed by atoms with Gasteiger partial charge in [0.1, 0.15) is 5.00 Å². The number of hydrogen-bond acceptors (Lipinski definition) is 5. The van der Waals surface area contributed by atoms with Crippen molar-refractivity contribution in [2.45, 2.75) is 31.7 Å². The van der Waals surface area contributed by atoms with Gasteiger partial charge in [0, 0.05) is 13.0 Å². The summed E-state index contributed by atoms with van der Waals surface area (Å²) in [5.74, 6) is 0.108. The summed E-state index contributed by atoms with van der Waals surface area (Å²) in [5.41, 5.74) is 9.19. The fraction of sp³-hybridized carbons (Fsp3) is 0.312. The Hall–Kier alpha value is -1.46. The quantitative estimate of drug-likeness (QED) is 0.605. The molecule has 0 saturated heterocycles. The molecule has 0 unspecified atom stereocenters. The smallest absolute Gasteiger partial charge is 0.174 e. The molecule has 2 rings (SSSR count). The first-order valence-corrected chi connectivity index (χ1v) is 8.89.